The van der Waals surface area contributed by atoms with E-state index in [1.807, 2.05) is 0 Å². The second-order valence-electron chi connectivity index (χ2n) is 3.77. The van der Waals surface area contributed by atoms with Crippen molar-refractivity contribution in [1.29, 1.82) is 0 Å². The largest absolute Gasteiger partial charge is 0.263 e. The average molecular weight is 228 g/mol. The number of hydrogen-bond donors (Lipinski definition) is 1. The fraction of sp³-hybridized carbons (Fsp3) is 0.500. The molecule has 0 unspecified atom stereocenters. The monoisotopic (exact) mass is 228 g/mol. The number of pyridine rings is 1. The fourth-order valence-corrected chi connectivity index (χ4v) is 2.08. The van der Waals surface area contributed by atoms with Crippen molar-refractivity contribution < 1.29 is 8.42 Å². The topological polar surface area (TPSA) is 59.1 Å². The summed E-state index contributed by atoms with van der Waals surface area (Å²) in [5.41, 5.74) is 0. The zero-order chi connectivity index (χ0) is 11.3. The van der Waals surface area contributed by atoms with Gasteiger partial charge in [-0.1, -0.05) is 13.8 Å². The summed E-state index contributed by atoms with van der Waals surface area (Å²) in [6.45, 7) is 4.58. The molecule has 0 aromatic carbocycles. The molecule has 0 saturated heterocycles. The van der Waals surface area contributed by atoms with Crippen molar-refractivity contribution >= 4 is 10.0 Å². The molecule has 0 saturated carbocycles. The van der Waals surface area contributed by atoms with Crippen LogP contribution >= 0.6 is 0 Å². The molecule has 0 bridgehead atoms. The van der Waals surface area contributed by atoms with E-state index in [-0.39, 0.29) is 4.90 Å². The summed E-state index contributed by atoms with van der Waals surface area (Å²) in [5, 5.41) is 0. The van der Waals surface area contributed by atoms with Crippen LogP contribution < -0.4 is 4.72 Å². The van der Waals surface area contributed by atoms with Crippen LogP contribution in [0.5, 0.6) is 0 Å². The van der Waals surface area contributed by atoms with Gasteiger partial charge in [0.05, 0.1) is 0 Å². The van der Waals surface area contributed by atoms with Crippen LogP contribution in [0.3, 0.4) is 0 Å². The van der Waals surface area contributed by atoms with E-state index in [2.05, 4.69) is 23.6 Å². The first-order valence-corrected chi connectivity index (χ1v) is 6.40. The lowest BCUT2D eigenvalue weighted by molar-refractivity contribution is 0.551. The van der Waals surface area contributed by atoms with Crippen LogP contribution in [0.2, 0.25) is 0 Å². The highest BCUT2D eigenvalue weighted by atomic mass is 32.2. The molecular formula is C10H16N2O2S. The minimum atomic E-state index is -3.37. The van der Waals surface area contributed by atoms with E-state index in [0.717, 1.165) is 6.42 Å². The van der Waals surface area contributed by atoms with E-state index >= 15 is 0 Å². The number of aromatic nitrogens is 1. The van der Waals surface area contributed by atoms with Gasteiger partial charge in [-0.15, -0.1) is 0 Å². The molecule has 0 spiro atoms. The van der Waals surface area contributed by atoms with Gasteiger partial charge in [0.1, 0.15) is 4.90 Å². The van der Waals surface area contributed by atoms with Gasteiger partial charge in [-0.25, -0.2) is 13.1 Å². The molecule has 1 heterocycles. The first-order chi connectivity index (χ1) is 7.02. The molecule has 84 valence electrons. The van der Waals surface area contributed by atoms with Gasteiger partial charge in [0.25, 0.3) is 0 Å². The third kappa shape index (κ3) is 3.97. The van der Waals surface area contributed by atoms with Crippen molar-refractivity contribution in [1.82, 2.24) is 9.71 Å². The standard InChI is InChI=1S/C10H16N2O2S/c1-9(2)5-7-12-15(13,14)10-4-3-6-11-8-10/h3-4,6,8-9,12H,5,7H2,1-2H3. The van der Waals surface area contributed by atoms with Gasteiger partial charge in [0.2, 0.25) is 10.0 Å². The Kier molecular flexibility index (Phi) is 4.23. The van der Waals surface area contributed by atoms with Crippen LogP contribution in [0.4, 0.5) is 0 Å². The Morgan fingerprint density at radius 2 is 2.20 bits per heavy atom. The predicted octanol–water partition coefficient (Wildman–Crippen LogP) is 1.41. The highest BCUT2D eigenvalue weighted by Crippen LogP contribution is 2.06. The summed E-state index contributed by atoms with van der Waals surface area (Å²) in [6.07, 6.45) is 3.73. The van der Waals surface area contributed by atoms with Crippen molar-refractivity contribution in [3.8, 4) is 0 Å². The first-order valence-electron chi connectivity index (χ1n) is 4.92. The van der Waals surface area contributed by atoms with Crippen LogP contribution in [0.1, 0.15) is 20.3 Å². The van der Waals surface area contributed by atoms with Gasteiger partial charge in [-0.05, 0) is 24.5 Å². The zero-order valence-corrected chi connectivity index (χ0v) is 9.79. The molecule has 1 aromatic heterocycles. The maximum Gasteiger partial charge on any atom is 0.242 e. The maximum atomic E-state index is 11.7. The summed E-state index contributed by atoms with van der Waals surface area (Å²) in [7, 11) is -3.37. The number of nitrogens with one attached hydrogen (secondary N) is 1. The van der Waals surface area contributed by atoms with Crippen LogP contribution in [0, 0.1) is 5.92 Å². The Hall–Kier alpha value is -0.940. The minimum Gasteiger partial charge on any atom is -0.263 e. The Balaban J connectivity index is 2.61. The van der Waals surface area contributed by atoms with Crippen molar-refractivity contribution in [2.24, 2.45) is 5.92 Å². The molecule has 0 fully saturated rings. The zero-order valence-electron chi connectivity index (χ0n) is 8.97. The molecule has 0 amide bonds. The lowest BCUT2D eigenvalue weighted by Crippen LogP contribution is -2.25. The summed E-state index contributed by atoms with van der Waals surface area (Å²) in [5.74, 6) is 0.488. The quantitative estimate of drug-likeness (QED) is 0.829. The summed E-state index contributed by atoms with van der Waals surface area (Å²) >= 11 is 0. The minimum absolute atomic E-state index is 0.216. The molecule has 0 aliphatic heterocycles. The molecule has 1 aromatic rings. The fourth-order valence-electron chi connectivity index (χ4n) is 1.07. The Morgan fingerprint density at radius 1 is 1.47 bits per heavy atom. The Morgan fingerprint density at radius 3 is 2.73 bits per heavy atom. The van der Waals surface area contributed by atoms with E-state index in [1.54, 1.807) is 12.3 Å². The maximum absolute atomic E-state index is 11.7. The Bertz CT molecular complexity index is 387. The van der Waals surface area contributed by atoms with Crippen LogP contribution in [0.25, 0.3) is 0 Å². The van der Waals surface area contributed by atoms with Crippen LogP contribution in [0.15, 0.2) is 29.4 Å². The van der Waals surface area contributed by atoms with Gasteiger partial charge in [0.15, 0.2) is 0 Å². The molecule has 15 heavy (non-hydrogen) atoms. The van der Waals surface area contributed by atoms with Gasteiger partial charge in [-0.3, -0.25) is 4.98 Å². The lowest BCUT2D eigenvalue weighted by atomic mass is 10.1. The highest BCUT2D eigenvalue weighted by Gasteiger charge is 2.12. The van der Waals surface area contributed by atoms with Gasteiger partial charge < -0.3 is 0 Å². The van der Waals surface area contributed by atoms with E-state index in [1.165, 1.54) is 12.3 Å². The Labute approximate surface area is 90.8 Å². The third-order valence-corrected chi connectivity index (χ3v) is 3.40. The lowest BCUT2D eigenvalue weighted by Gasteiger charge is -2.07. The van der Waals surface area contributed by atoms with Gasteiger partial charge >= 0.3 is 0 Å². The number of rotatable bonds is 5. The number of nitrogens with zero attached hydrogens (tertiary/aromatic N) is 1. The first kappa shape index (κ1) is 12.1. The van der Waals surface area contributed by atoms with E-state index in [4.69, 9.17) is 0 Å². The van der Waals surface area contributed by atoms with Crippen molar-refractivity contribution in [3.05, 3.63) is 24.5 Å². The highest BCUT2D eigenvalue weighted by molar-refractivity contribution is 7.89. The van der Waals surface area contributed by atoms with Crippen molar-refractivity contribution in [2.75, 3.05) is 6.54 Å². The van der Waals surface area contributed by atoms with E-state index in [9.17, 15) is 8.42 Å². The normalized spacial score (nSPS) is 11.9. The van der Waals surface area contributed by atoms with Crippen molar-refractivity contribution in [2.45, 2.75) is 25.2 Å². The second kappa shape index (κ2) is 5.23. The summed E-state index contributed by atoms with van der Waals surface area (Å²) < 4.78 is 25.9. The molecule has 4 nitrogen and oxygen atoms in total. The SMILES string of the molecule is CC(C)CCNS(=O)(=O)c1cccnc1. The molecular weight excluding hydrogens is 212 g/mol. The molecule has 0 atom stereocenters. The molecule has 0 aliphatic rings. The number of sulfonamides is 1. The van der Waals surface area contributed by atoms with Gasteiger partial charge in [-0.2, -0.15) is 0 Å². The summed E-state index contributed by atoms with van der Waals surface area (Å²) in [6, 6.07) is 3.14. The van der Waals surface area contributed by atoms with Gasteiger partial charge in [0, 0.05) is 18.9 Å². The number of hydrogen-bond acceptors (Lipinski definition) is 3. The van der Waals surface area contributed by atoms with E-state index in [0.29, 0.717) is 12.5 Å². The molecule has 1 N–H and O–H groups in total. The van der Waals surface area contributed by atoms with E-state index < -0.39 is 10.0 Å². The predicted molar refractivity (Wildman–Crippen MR) is 58.9 cm³/mol. The third-order valence-electron chi connectivity index (χ3n) is 1.96. The molecule has 0 radical (unpaired) electrons. The molecule has 5 heteroatoms. The smallest absolute Gasteiger partial charge is 0.242 e. The summed E-state index contributed by atoms with van der Waals surface area (Å²) in [4.78, 5) is 3.99. The van der Waals surface area contributed by atoms with Crippen molar-refractivity contribution in [3.63, 3.8) is 0 Å². The average Bonchev–Trinajstić information content (AvgIpc) is 2.18. The van der Waals surface area contributed by atoms with Crippen LogP contribution in [-0.2, 0) is 10.0 Å². The molecule has 0 aliphatic carbocycles. The second-order valence-corrected chi connectivity index (χ2v) is 5.54. The van der Waals surface area contributed by atoms with Crippen LogP contribution in [-0.4, -0.2) is 19.9 Å². The molecule has 1 rings (SSSR count).